The van der Waals surface area contributed by atoms with E-state index in [0.29, 0.717) is 0 Å². The van der Waals surface area contributed by atoms with Crippen LogP contribution in [0.3, 0.4) is 0 Å². The van der Waals surface area contributed by atoms with Crippen molar-refractivity contribution in [3.8, 4) is 5.75 Å². The van der Waals surface area contributed by atoms with Crippen LogP contribution in [0.1, 0.15) is 0 Å². The first kappa shape index (κ1) is 8.72. The Morgan fingerprint density at radius 3 is 2.92 bits per heavy atom. The topological polar surface area (TPSA) is 35.2 Å². The van der Waals surface area contributed by atoms with Crippen LogP contribution in [0.4, 0.5) is 5.00 Å². The van der Waals surface area contributed by atoms with Crippen molar-refractivity contribution in [2.24, 2.45) is 0 Å². The third-order valence-electron chi connectivity index (χ3n) is 1.85. The lowest BCUT2D eigenvalue weighted by molar-refractivity contribution is 0.410. The number of ether oxygens (including phenoxy) is 1. The summed E-state index contributed by atoms with van der Waals surface area (Å²) < 4.78 is 6.38. The molecule has 0 unspecified atom stereocenters. The summed E-state index contributed by atoms with van der Waals surface area (Å²) in [6.45, 7) is 0. The van der Waals surface area contributed by atoms with Gasteiger partial charge in [-0.15, -0.1) is 24.0 Å². The van der Waals surface area contributed by atoms with Crippen molar-refractivity contribution in [1.29, 1.82) is 0 Å². The van der Waals surface area contributed by atoms with Gasteiger partial charge >= 0.3 is 0 Å². The van der Waals surface area contributed by atoms with E-state index in [4.69, 9.17) is 10.5 Å². The van der Waals surface area contributed by atoms with Crippen LogP contribution in [0.25, 0.3) is 10.1 Å². The van der Waals surface area contributed by atoms with Crippen molar-refractivity contribution >= 4 is 39.1 Å². The fourth-order valence-electron chi connectivity index (χ4n) is 1.31. The number of rotatable bonds is 1. The predicted octanol–water partition coefficient (Wildman–Crippen LogP) is 2.78. The van der Waals surface area contributed by atoms with Gasteiger partial charge in [-0.1, -0.05) is 0 Å². The number of nitrogens with two attached hydrogens (primary N) is 1. The van der Waals surface area contributed by atoms with Crippen LogP contribution in [0.5, 0.6) is 5.75 Å². The third-order valence-corrected chi connectivity index (χ3v) is 3.14. The number of nitrogen functional groups attached to an aromatic ring is 1. The molecule has 0 aliphatic heterocycles. The van der Waals surface area contributed by atoms with E-state index < -0.39 is 0 Å². The van der Waals surface area contributed by atoms with E-state index in [2.05, 4.69) is 12.6 Å². The second-order valence-electron chi connectivity index (χ2n) is 2.68. The van der Waals surface area contributed by atoms with Crippen LogP contribution in [-0.4, -0.2) is 7.11 Å². The molecule has 2 aromatic rings. The molecular weight excluding hydrogens is 202 g/mol. The molecule has 0 saturated heterocycles. The van der Waals surface area contributed by atoms with E-state index in [9.17, 15) is 0 Å². The Labute approximate surface area is 85.7 Å². The zero-order chi connectivity index (χ0) is 9.42. The largest absolute Gasteiger partial charge is 0.495 e. The average Bonchev–Trinajstić information content (AvgIpc) is 2.45. The molecule has 0 bridgehead atoms. The zero-order valence-electron chi connectivity index (χ0n) is 7.07. The molecule has 2 N–H and O–H groups in total. The summed E-state index contributed by atoms with van der Waals surface area (Å²) in [6.07, 6.45) is 0. The molecule has 68 valence electrons. The zero-order valence-corrected chi connectivity index (χ0v) is 8.78. The van der Waals surface area contributed by atoms with Crippen molar-refractivity contribution < 1.29 is 4.74 Å². The maximum atomic E-state index is 5.70. The van der Waals surface area contributed by atoms with Crippen molar-refractivity contribution in [3.05, 3.63) is 18.2 Å². The Morgan fingerprint density at radius 2 is 2.23 bits per heavy atom. The van der Waals surface area contributed by atoms with Gasteiger partial charge in [0.1, 0.15) is 5.75 Å². The van der Waals surface area contributed by atoms with Crippen LogP contribution in [0.2, 0.25) is 0 Å². The number of fused-ring (bicyclic) bond motifs is 1. The minimum Gasteiger partial charge on any atom is -0.495 e. The average molecular weight is 211 g/mol. The lowest BCUT2D eigenvalue weighted by Gasteiger charge is -2.03. The maximum Gasteiger partial charge on any atom is 0.140 e. The summed E-state index contributed by atoms with van der Waals surface area (Å²) in [5, 5.41) is 1.84. The first-order valence-corrected chi connectivity index (χ1v) is 5.03. The first-order chi connectivity index (χ1) is 6.22. The van der Waals surface area contributed by atoms with Crippen molar-refractivity contribution in [2.75, 3.05) is 12.8 Å². The van der Waals surface area contributed by atoms with Gasteiger partial charge in [-0.3, -0.25) is 0 Å². The molecule has 1 aromatic heterocycles. The monoisotopic (exact) mass is 211 g/mol. The Morgan fingerprint density at radius 1 is 1.46 bits per heavy atom. The maximum absolute atomic E-state index is 5.70. The van der Waals surface area contributed by atoms with Crippen molar-refractivity contribution in [1.82, 2.24) is 0 Å². The molecule has 1 heterocycles. The molecule has 2 nitrogen and oxygen atoms in total. The Bertz CT molecular complexity index is 450. The quantitative estimate of drug-likeness (QED) is 0.711. The highest BCUT2D eigenvalue weighted by Crippen LogP contribution is 2.37. The molecule has 0 aliphatic rings. The van der Waals surface area contributed by atoms with E-state index >= 15 is 0 Å². The minimum absolute atomic E-state index is 0.798. The fraction of sp³-hybridized carbons (Fsp3) is 0.111. The van der Waals surface area contributed by atoms with Crippen LogP contribution >= 0.6 is 24.0 Å². The van der Waals surface area contributed by atoms with E-state index in [1.165, 1.54) is 0 Å². The molecule has 0 amide bonds. The Kier molecular flexibility index (Phi) is 2.09. The summed E-state index contributed by atoms with van der Waals surface area (Å²) in [5.74, 6) is 0.800. The lowest BCUT2D eigenvalue weighted by atomic mass is 10.2. The molecular formula is C9H9NOS2. The van der Waals surface area contributed by atoms with E-state index in [-0.39, 0.29) is 0 Å². The molecule has 0 fully saturated rings. The molecule has 0 radical (unpaired) electrons. The number of thiophene rings is 1. The van der Waals surface area contributed by atoms with Gasteiger partial charge in [-0.25, -0.2) is 0 Å². The summed E-state index contributed by atoms with van der Waals surface area (Å²) in [7, 11) is 1.64. The fourth-order valence-corrected chi connectivity index (χ4v) is 2.42. The van der Waals surface area contributed by atoms with E-state index in [1.807, 2.05) is 18.2 Å². The summed E-state index contributed by atoms with van der Waals surface area (Å²) in [6, 6.07) is 5.83. The van der Waals surface area contributed by atoms with Gasteiger partial charge in [0.2, 0.25) is 0 Å². The number of methoxy groups -OCH3 is 1. The molecule has 1 aromatic carbocycles. The Balaban J connectivity index is 2.82. The van der Waals surface area contributed by atoms with Gasteiger partial charge in [0.25, 0.3) is 0 Å². The van der Waals surface area contributed by atoms with Crippen LogP contribution in [0.15, 0.2) is 23.1 Å². The number of hydrogen-bond donors (Lipinski definition) is 2. The SMILES string of the molecule is COc1c(S)ccc2sc(N)cc12. The molecule has 0 aliphatic carbocycles. The third kappa shape index (κ3) is 1.36. The first-order valence-electron chi connectivity index (χ1n) is 3.77. The number of benzene rings is 1. The number of anilines is 1. The smallest absolute Gasteiger partial charge is 0.140 e. The predicted molar refractivity (Wildman–Crippen MR) is 60.0 cm³/mol. The number of thiol groups is 1. The summed E-state index contributed by atoms with van der Waals surface area (Å²) >= 11 is 5.86. The highest BCUT2D eigenvalue weighted by Gasteiger charge is 2.07. The summed E-state index contributed by atoms with van der Waals surface area (Å²) in [5.41, 5.74) is 5.70. The Hall–Kier alpha value is -0.870. The molecule has 13 heavy (non-hydrogen) atoms. The number of hydrogen-bond acceptors (Lipinski definition) is 4. The normalized spacial score (nSPS) is 10.6. The van der Waals surface area contributed by atoms with Crippen LogP contribution < -0.4 is 10.5 Å². The van der Waals surface area contributed by atoms with Gasteiger partial charge in [0.15, 0.2) is 0 Å². The molecule has 0 spiro atoms. The molecule has 0 saturated carbocycles. The lowest BCUT2D eigenvalue weighted by Crippen LogP contribution is -1.84. The van der Waals surface area contributed by atoms with Gasteiger partial charge in [-0.2, -0.15) is 0 Å². The minimum atomic E-state index is 0.798. The van der Waals surface area contributed by atoms with Crippen molar-refractivity contribution in [2.45, 2.75) is 4.90 Å². The van der Waals surface area contributed by atoms with Crippen molar-refractivity contribution in [3.63, 3.8) is 0 Å². The van der Waals surface area contributed by atoms with Crippen LogP contribution in [0, 0.1) is 0 Å². The van der Waals surface area contributed by atoms with Gasteiger partial charge < -0.3 is 10.5 Å². The molecule has 0 atom stereocenters. The van der Waals surface area contributed by atoms with Gasteiger partial charge in [0, 0.05) is 15.0 Å². The standard InChI is InChI=1S/C9H9NOS2/c1-11-9-5-4-8(10)13-7(5)3-2-6(9)12/h2-4,12H,10H2,1H3. The van der Waals surface area contributed by atoms with Crippen LogP contribution in [-0.2, 0) is 0 Å². The molecule has 2 rings (SSSR count). The highest BCUT2D eigenvalue weighted by atomic mass is 32.1. The highest BCUT2D eigenvalue weighted by molar-refractivity contribution is 7.80. The molecule has 4 heteroatoms. The summed E-state index contributed by atoms with van der Waals surface area (Å²) in [4.78, 5) is 0.841. The second-order valence-corrected chi connectivity index (χ2v) is 4.28. The van der Waals surface area contributed by atoms with E-state index in [0.717, 1.165) is 25.7 Å². The second kappa shape index (κ2) is 3.12. The van der Waals surface area contributed by atoms with Gasteiger partial charge in [0.05, 0.1) is 12.1 Å². The van der Waals surface area contributed by atoms with E-state index in [1.54, 1.807) is 18.4 Å². The van der Waals surface area contributed by atoms with Gasteiger partial charge in [-0.05, 0) is 18.2 Å².